The van der Waals surface area contributed by atoms with Crippen LogP contribution in [0.5, 0.6) is 0 Å². The highest BCUT2D eigenvalue weighted by atomic mass is 16.2. The Bertz CT molecular complexity index is 737. The number of aromatic nitrogens is 1. The molecule has 1 aliphatic heterocycles. The zero-order valence-electron chi connectivity index (χ0n) is 16.4. The summed E-state index contributed by atoms with van der Waals surface area (Å²) in [7, 11) is 0. The molecule has 1 amide bonds. The molecule has 0 bridgehead atoms. The molecule has 0 radical (unpaired) electrons. The van der Waals surface area contributed by atoms with Gasteiger partial charge in [0.15, 0.2) is 0 Å². The summed E-state index contributed by atoms with van der Waals surface area (Å²) in [5, 5.41) is 0. The largest absolute Gasteiger partial charge is 0.367 e. The van der Waals surface area contributed by atoms with Gasteiger partial charge in [0, 0.05) is 43.3 Å². The van der Waals surface area contributed by atoms with E-state index in [1.165, 1.54) is 11.3 Å². The second-order valence-corrected chi connectivity index (χ2v) is 8.35. The van der Waals surface area contributed by atoms with Crippen LogP contribution in [0, 0.1) is 0 Å². The highest BCUT2D eigenvalue weighted by Gasteiger charge is 2.33. The third-order valence-electron chi connectivity index (χ3n) is 5.16. The number of hydrogen-bond donors (Lipinski definition) is 0. The number of carbonyl (C=O) groups is 1. The normalized spacial score (nSPS) is 21.0. The molecule has 0 saturated carbocycles. The van der Waals surface area contributed by atoms with Gasteiger partial charge in [-0.05, 0) is 49.1 Å². The second kappa shape index (κ2) is 7.10. The van der Waals surface area contributed by atoms with E-state index in [1.54, 1.807) is 12.4 Å². The molecule has 1 fully saturated rings. The van der Waals surface area contributed by atoms with Crippen molar-refractivity contribution in [2.45, 2.75) is 52.1 Å². The molecule has 0 spiro atoms. The lowest BCUT2D eigenvalue weighted by molar-refractivity contribution is 0.0574. The minimum absolute atomic E-state index is 0.0702. The van der Waals surface area contributed by atoms with Crippen molar-refractivity contribution >= 4 is 11.6 Å². The molecule has 138 valence electrons. The summed E-state index contributed by atoms with van der Waals surface area (Å²) in [5.74, 6) is 0.0702. The molecule has 1 aliphatic rings. The SMILES string of the molecule is CC1CN(c2ccc(C(C)(C)C)cc2)CC(C)N1C(=O)c1cccnc1. The molecular formula is C22H29N3O. The Kier molecular flexibility index (Phi) is 5.03. The fourth-order valence-electron chi connectivity index (χ4n) is 3.74. The zero-order chi connectivity index (χ0) is 18.9. The lowest BCUT2D eigenvalue weighted by atomic mass is 9.87. The minimum atomic E-state index is 0.0702. The third-order valence-corrected chi connectivity index (χ3v) is 5.16. The topological polar surface area (TPSA) is 36.4 Å². The number of amides is 1. The number of hydrogen-bond acceptors (Lipinski definition) is 3. The van der Waals surface area contributed by atoms with Crippen LogP contribution in [-0.4, -0.2) is 41.0 Å². The van der Waals surface area contributed by atoms with Gasteiger partial charge in [-0.2, -0.15) is 0 Å². The summed E-state index contributed by atoms with van der Waals surface area (Å²) in [6, 6.07) is 12.8. The first-order valence-electron chi connectivity index (χ1n) is 9.35. The molecule has 4 heteroatoms. The molecule has 2 aromatic rings. The van der Waals surface area contributed by atoms with Crippen molar-refractivity contribution in [3.8, 4) is 0 Å². The first-order valence-corrected chi connectivity index (χ1v) is 9.35. The summed E-state index contributed by atoms with van der Waals surface area (Å²) < 4.78 is 0. The van der Waals surface area contributed by atoms with Gasteiger partial charge in [-0.1, -0.05) is 32.9 Å². The van der Waals surface area contributed by atoms with Crippen LogP contribution < -0.4 is 4.90 Å². The second-order valence-electron chi connectivity index (χ2n) is 8.35. The van der Waals surface area contributed by atoms with Gasteiger partial charge in [0.05, 0.1) is 5.56 Å². The Morgan fingerprint density at radius 1 is 1.04 bits per heavy atom. The Hall–Kier alpha value is -2.36. The van der Waals surface area contributed by atoms with E-state index in [1.807, 2.05) is 17.0 Å². The average Bonchev–Trinajstić information content (AvgIpc) is 2.61. The Morgan fingerprint density at radius 3 is 2.15 bits per heavy atom. The van der Waals surface area contributed by atoms with E-state index in [0.29, 0.717) is 5.56 Å². The smallest absolute Gasteiger partial charge is 0.256 e. The van der Waals surface area contributed by atoms with Crippen LogP contribution in [-0.2, 0) is 5.41 Å². The van der Waals surface area contributed by atoms with Crippen molar-refractivity contribution in [1.29, 1.82) is 0 Å². The summed E-state index contributed by atoms with van der Waals surface area (Å²) in [6.45, 7) is 12.6. The van der Waals surface area contributed by atoms with E-state index >= 15 is 0 Å². The van der Waals surface area contributed by atoms with E-state index in [4.69, 9.17) is 0 Å². The molecule has 0 N–H and O–H groups in total. The summed E-state index contributed by atoms with van der Waals surface area (Å²) in [5.41, 5.74) is 3.39. The molecular weight excluding hydrogens is 322 g/mol. The van der Waals surface area contributed by atoms with E-state index in [2.05, 4.69) is 68.8 Å². The van der Waals surface area contributed by atoms with E-state index < -0.39 is 0 Å². The first-order chi connectivity index (χ1) is 12.3. The zero-order valence-corrected chi connectivity index (χ0v) is 16.4. The quantitative estimate of drug-likeness (QED) is 0.817. The molecule has 2 atom stereocenters. The van der Waals surface area contributed by atoms with Gasteiger partial charge in [-0.3, -0.25) is 9.78 Å². The average molecular weight is 351 g/mol. The van der Waals surface area contributed by atoms with Crippen LogP contribution in [0.3, 0.4) is 0 Å². The fourth-order valence-corrected chi connectivity index (χ4v) is 3.74. The van der Waals surface area contributed by atoms with Crippen molar-refractivity contribution in [2.75, 3.05) is 18.0 Å². The van der Waals surface area contributed by atoms with Gasteiger partial charge in [-0.25, -0.2) is 0 Å². The molecule has 4 nitrogen and oxygen atoms in total. The summed E-state index contributed by atoms with van der Waals surface area (Å²) in [4.78, 5) is 21.4. The van der Waals surface area contributed by atoms with Gasteiger partial charge in [-0.15, -0.1) is 0 Å². The number of pyridine rings is 1. The Morgan fingerprint density at radius 2 is 1.65 bits per heavy atom. The van der Waals surface area contributed by atoms with Crippen molar-refractivity contribution < 1.29 is 4.79 Å². The third kappa shape index (κ3) is 3.74. The maximum atomic E-state index is 12.9. The standard InChI is InChI=1S/C22H29N3O/c1-16-14-24(20-10-8-19(9-11-20)22(3,4)5)15-17(2)25(16)21(26)18-7-6-12-23-13-18/h6-13,16-17H,14-15H2,1-5H3. The monoisotopic (exact) mass is 351 g/mol. The number of carbonyl (C=O) groups excluding carboxylic acids is 1. The van der Waals surface area contributed by atoms with Gasteiger partial charge in [0.2, 0.25) is 0 Å². The lowest BCUT2D eigenvalue weighted by Gasteiger charge is -2.45. The molecule has 26 heavy (non-hydrogen) atoms. The Labute approximate surface area is 156 Å². The maximum absolute atomic E-state index is 12.9. The van der Waals surface area contributed by atoms with Crippen LogP contribution in [0.1, 0.15) is 50.5 Å². The van der Waals surface area contributed by atoms with Gasteiger partial charge < -0.3 is 9.80 Å². The number of piperazine rings is 1. The van der Waals surface area contributed by atoms with Crippen LogP contribution in [0.15, 0.2) is 48.8 Å². The molecule has 1 aromatic carbocycles. The molecule has 2 unspecified atom stereocenters. The van der Waals surface area contributed by atoms with E-state index in [0.717, 1.165) is 13.1 Å². The molecule has 2 heterocycles. The minimum Gasteiger partial charge on any atom is -0.367 e. The van der Waals surface area contributed by atoms with Crippen molar-refractivity contribution in [3.63, 3.8) is 0 Å². The first kappa shape index (κ1) is 18.4. The highest BCUT2D eigenvalue weighted by molar-refractivity contribution is 5.94. The van der Waals surface area contributed by atoms with Crippen LogP contribution in [0.2, 0.25) is 0 Å². The van der Waals surface area contributed by atoms with Crippen molar-refractivity contribution in [2.24, 2.45) is 0 Å². The van der Waals surface area contributed by atoms with Gasteiger partial charge in [0.25, 0.3) is 5.91 Å². The molecule has 0 aliphatic carbocycles. The number of nitrogens with zero attached hydrogens (tertiary/aromatic N) is 3. The fraction of sp³-hybridized carbons (Fsp3) is 0.455. The number of anilines is 1. The van der Waals surface area contributed by atoms with Crippen LogP contribution in [0.25, 0.3) is 0 Å². The lowest BCUT2D eigenvalue weighted by Crippen LogP contribution is -2.58. The van der Waals surface area contributed by atoms with Crippen LogP contribution >= 0.6 is 0 Å². The summed E-state index contributed by atoms with van der Waals surface area (Å²) >= 11 is 0. The van der Waals surface area contributed by atoms with Crippen LogP contribution in [0.4, 0.5) is 5.69 Å². The van der Waals surface area contributed by atoms with Gasteiger partial charge in [0.1, 0.15) is 0 Å². The predicted octanol–water partition coefficient (Wildman–Crippen LogP) is 4.12. The van der Waals surface area contributed by atoms with E-state index in [9.17, 15) is 4.79 Å². The number of rotatable bonds is 2. The molecule has 3 rings (SSSR count). The predicted molar refractivity (Wildman–Crippen MR) is 107 cm³/mol. The molecule has 1 saturated heterocycles. The van der Waals surface area contributed by atoms with Crippen molar-refractivity contribution in [1.82, 2.24) is 9.88 Å². The van der Waals surface area contributed by atoms with Gasteiger partial charge >= 0.3 is 0 Å². The number of benzene rings is 1. The van der Waals surface area contributed by atoms with E-state index in [-0.39, 0.29) is 23.4 Å². The highest BCUT2D eigenvalue weighted by Crippen LogP contribution is 2.27. The van der Waals surface area contributed by atoms with Crippen molar-refractivity contribution in [3.05, 3.63) is 59.9 Å². The molecule has 1 aromatic heterocycles. The Balaban J connectivity index is 1.75. The summed E-state index contributed by atoms with van der Waals surface area (Å²) in [6.07, 6.45) is 3.35. The maximum Gasteiger partial charge on any atom is 0.256 e.